The monoisotopic (exact) mass is 354 g/mol. The van der Waals surface area contributed by atoms with Crippen molar-refractivity contribution in [3.63, 3.8) is 0 Å². The van der Waals surface area contributed by atoms with Crippen molar-refractivity contribution in [2.24, 2.45) is 5.92 Å². The fourth-order valence-corrected chi connectivity index (χ4v) is 5.53. The Hall–Kier alpha value is -1.85. The molecule has 4 fully saturated rings. The fourth-order valence-electron chi connectivity index (χ4n) is 4.53. The number of ether oxygens (including phenoxy) is 1. The van der Waals surface area contributed by atoms with Crippen molar-refractivity contribution < 1.29 is 9.53 Å². The van der Waals surface area contributed by atoms with Crippen molar-refractivity contribution in [1.29, 1.82) is 0 Å². The van der Waals surface area contributed by atoms with Crippen LogP contribution >= 0.6 is 11.3 Å². The summed E-state index contributed by atoms with van der Waals surface area (Å²) in [6.45, 7) is 6.00. The Morgan fingerprint density at radius 2 is 1.84 bits per heavy atom. The molecule has 0 saturated carbocycles. The van der Waals surface area contributed by atoms with Gasteiger partial charge in [-0.1, -0.05) is 29.8 Å². The van der Waals surface area contributed by atoms with Gasteiger partial charge in [-0.2, -0.15) is 0 Å². The van der Waals surface area contributed by atoms with Crippen molar-refractivity contribution in [2.45, 2.75) is 25.4 Å². The zero-order valence-electron chi connectivity index (χ0n) is 14.4. The van der Waals surface area contributed by atoms with E-state index >= 15 is 0 Å². The molecule has 2 bridgehead atoms. The van der Waals surface area contributed by atoms with Gasteiger partial charge in [-0.15, -0.1) is 11.3 Å². The molecule has 0 radical (unpaired) electrons. The summed E-state index contributed by atoms with van der Waals surface area (Å²) < 4.78 is 5.97. The molecule has 1 atom stereocenters. The number of carbonyl (C=O) groups is 1. The number of fused-ring (bicyclic) bond motifs is 2. The molecule has 25 heavy (non-hydrogen) atoms. The van der Waals surface area contributed by atoms with E-state index in [-0.39, 0.29) is 11.7 Å². The van der Waals surface area contributed by atoms with Gasteiger partial charge >= 0.3 is 6.09 Å². The predicted molar refractivity (Wildman–Crippen MR) is 100 cm³/mol. The first-order chi connectivity index (χ1) is 12.1. The number of thiophene rings is 1. The molecule has 0 aliphatic carbocycles. The Morgan fingerprint density at radius 3 is 2.52 bits per heavy atom. The number of aryl methyl sites for hydroxylation is 1. The Labute approximate surface area is 152 Å². The maximum absolute atomic E-state index is 12.6. The molecule has 1 amide bonds. The molecule has 5 heterocycles. The molecular weight excluding hydrogens is 332 g/mol. The van der Waals surface area contributed by atoms with E-state index in [9.17, 15) is 4.79 Å². The van der Waals surface area contributed by atoms with E-state index in [0.29, 0.717) is 12.5 Å². The third-order valence-corrected chi connectivity index (χ3v) is 7.11. The maximum atomic E-state index is 12.6. The zero-order valence-corrected chi connectivity index (χ0v) is 15.2. The number of carbonyl (C=O) groups excluding carboxylic acids is 1. The molecule has 2 aromatic rings. The summed E-state index contributed by atoms with van der Waals surface area (Å²) >= 11 is 1.67. The van der Waals surface area contributed by atoms with E-state index in [0.717, 1.165) is 37.5 Å². The minimum Gasteiger partial charge on any atom is -0.439 e. The van der Waals surface area contributed by atoms with Gasteiger partial charge in [0.1, 0.15) is 10.6 Å². The third kappa shape index (κ3) is 2.49. The first kappa shape index (κ1) is 15.4. The van der Waals surface area contributed by atoms with Gasteiger partial charge in [0.2, 0.25) is 0 Å². The van der Waals surface area contributed by atoms with Crippen LogP contribution < -0.4 is 4.90 Å². The number of hydrogen-bond acceptors (Lipinski definition) is 4. The smallest absolute Gasteiger partial charge is 0.415 e. The van der Waals surface area contributed by atoms with E-state index in [2.05, 4.69) is 48.2 Å². The first-order valence-corrected chi connectivity index (χ1v) is 9.84. The number of amides is 1. The second-order valence-electron chi connectivity index (χ2n) is 7.57. The number of rotatable bonds is 2. The van der Waals surface area contributed by atoms with Crippen LogP contribution in [-0.4, -0.2) is 42.8 Å². The minimum absolute atomic E-state index is 0.175. The van der Waals surface area contributed by atoms with Gasteiger partial charge in [-0.05, 0) is 50.6 Å². The van der Waals surface area contributed by atoms with Gasteiger partial charge < -0.3 is 4.74 Å². The SMILES string of the molecule is Cc1ccc(-c2ccc(N3CC4(CN5CCC4CC5)OC3=O)s2)cc1. The number of anilines is 1. The van der Waals surface area contributed by atoms with E-state index in [1.165, 1.54) is 16.0 Å². The highest BCUT2D eigenvalue weighted by atomic mass is 32.1. The van der Waals surface area contributed by atoms with Crippen molar-refractivity contribution in [3.05, 3.63) is 42.0 Å². The van der Waals surface area contributed by atoms with Crippen molar-refractivity contribution >= 4 is 22.4 Å². The maximum Gasteiger partial charge on any atom is 0.415 e. The lowest BCUT2D eigenvalue weighted by Gasteiger charge is -2.49. The van der Waals surface area contributed by atoms with Crippen LogP contribution in [0.4, 0.5) is 9.80 Å². The number of benzene rings is 1. The van der Waals surface area contributed by atoms with Crippen LogP contribution in [0.2, 0.25) is 0 Å². The summed E-state index contributed by atoms with van der Waals surface area (Å²) in [4.78, 5) is 18.1. The van der Waals surface area contributed by atoms with Crippen LogP contribution in [0.25, 0.3) is 10.4 Å². The first-order valence-electron chi connectivity index (χ1n) is 9.03. The summed E-state index contributed by atoms with van der Waals surface area (Å²) in [7, 11) is 0. The van der Waals surface area contributed by atoms with Crippen molar-refractivity contribution in [2.75, 3.05) is 31.1 Å². The standard InChI is InChI=1S/C20H22N2O2S/c1-14-2-4-15(5-3-14)17-6-7-18(25-17)22-13-20(24-19(22)23)12-21-10-8-16(20)9-11-21/h2-7,16H,8-13H2,1H3. The lowest BCUT2D eigenvalue weighted by Crippen LogP contribution is -2.61. The highest BCUT2D eigenvalue weighted by Crippen LogP contribution is 2.45. The van der Waals surface area contributed by atoms with Gasteiger partial charge in [0, 0.05) is 17.3 Å². The lowest BCUT2D eigenvalue weighted by atomic mass is 9.75. The quantitative estimate of drug-likeness (QED) is 0.812. The Morgan fingerprint density at radius 1 is 1.08 bits per heavy atom. The number of piperidine rings is 3. The molecule has 4 aliphatic rings. The summed E-state index contributed by atoms with van der Waals surface area (Å²) in [5.41, 5.74) is 2.17. The summed E-state index contributed by atoms with van der Waals surface area (Å²) in [6.07, 6.45) is 2.13. The topological polar surface area (TPSA) is 32.8 Å². The Kier molecular flexibility index (Phi) is 3.44. The van der Waals surface area contributed by atoms with Gasteiger partial charge in [0.15, 0.2) is 0 Å². The number of nitrogens with zero attached hydrogens (tertiary/aromatic N) is 2. The highest BCUT2D eigenvalue weighted by Gasteiger charge is 2.55. The molecule has 4 saturated heterocycles. The molecule has 4 aliphatic heterocycles. The van der Waals surface area contributed by atoms with E-state index in [4.69, 9.17) is 4.74 Å². The summed E-state index contributed by atoms with van der Waals surface area (Å²) in [5, 5.41) is 0.994. The van der Waals surface area contributed by atoms with E-state index in [1.54, 1.807) is 11.3 Å². The number of hydrogen-bond donors (Lipinski definition) is 0. The van der Waals surface area contributed by atoms with Crippen LogP contribution in [-0.2, 0) is 4.74 Å². The second-order valence-corrected chi connectivity index (χ2v) is 8.64. The molecule has 1 aromatic heterocycles. The molecule has 5 heteroatoms. The lowest BCUT2D eigenvalue weighted by molar-refractivity contribution is -0.0881. The highest BCUT2D eigenvalue weighted by molar-refractivity contribution is 7.19. The largest absolute Gasteiger partial charge is 0.439 e. The average Bonchev–Trinajstić information content (AvgIpc) is 3.22. The van der Waals surface area contributed by atoms with E-state index < -0.39 is 0 Å². The summed E-state index contributed by atoms with van der Waals surface area (Å²) in [5.74, 6) is 0.517. The van der Waals surface area contributed by atoms with Crippen molar-refractivity contribution in [3.8, 4) is 10.4 Å². The Bertz CT molecular complexity index is 807. The third-order valence-electron chi connectivity index (χ3n) is 5.95. The molecule has 1 spiro atoms. The molecule has 4 nitrogen and oxygen atoms in total. The van der Waals surface area contributed by atoms with E-state index in [1.807, 2.05) is 4.90 Å². The molecular formula is C20H22N2O2S. The predicted octanol–water partition coefficient (Wildman–Crippen LogP) is 4.14. The minimum atomic E-state index is -0.290. The normalized spacial score (nSPS) is 30.9. The van der Waals surface area contributed by atoms with Crippen LogP contribution in [0.1, 0.15) is 18.4 Å². The second kappa shape index (κ2) is 5.58. The van der Waals surface area contributed by atoms with Crippen LogP contribution in [0, 0.1) is 12.8 Å². The van der Waals surface area contributed by atoms with Gasteiger partial charge in [0.25, 0.3) is 0 Å². The van der Waals surface area contributed by atoms with Crippen molar-refractivity contribution in [1.82, 2.24) is 4.90 Å². The Balaban J connectivity index is 1.41. The van der Waals surface area contributed by atoms with Gasteiger partial charge in [-0.25, -0.2) is 4.79 Å². The van der Waals surface area contributed by atoms with Gasteiger partial charge in [0.05, 0.1) is 6.54 Å². The molecule has 1 unspecified atom stereocenters. The van der Waals surface area contributed by atoms with Crippen LogP contribution in [0.3, 0.4) is 0 Å². The molecule has 130 valence electrons. The van der Waals surface area contributed by atoms with Crippen LogP contribution in [0.15, 0.2) is 36.4 Å². The molecule has 6 rings (SSSR count). The average molecular weight is 354 g/mol. The fraction of sp³-hybridized carbons (Fsp3) is 0.450. The summed E-state index contributed by atoms with van der Waals surface area (Å²) in [6, 6.07) is 12.7. The van der Waals surface area contributed by atoms with Crippen LogP contribution in [0.5, 0.6) is 0 Å². The zero-order chi connectivity index (χ0) is 17.0. The molecule has 1 aromatic carbocycles. The molecule has 0 N–H and O–H groups in total. The van der Waals surface area contributed by atoms with Gasteiger partial charge in [-0.3, -0.25) is 9.80 Å².